The van der Waals surface area contributed by atoms with Crippen molar-refractivity contribution in [3.63, 3.8) is 0 Å². The molecule has 116 valence electrons. The number of ether oxygens (including phenoxy) is 2. The van der Waals surface area contributed by atoms with E-state index in [9.17, 15) is 8.42 Å². The summed E-state index contributed by atoms with van der Waals surface area (Å²) in [5, 5.41) is 0. The molecule has 9 heteroatoms. The van der Waals surface area contributed by atoms with Crippen molar-refractivity contribution in [3.8, 4) is 5.75 Å². The molecular formula is C12H17N3O4S2. The Bertz CT molecular complexity index is 627. The van der Waals surface area contributed by atoms with Crippen LogP contribution in [0.25, 0.3) is 0 Å². The van der Waals surface area contributed by atoms with Crippen molar-refractivity contribution < 1.29 is 17.9 Å². The van der Waals surface area contributed by atoms with E-state index >= 15 is 0 Å². The third kappa shape index (κ3) is 3.62. The van der Waals surface area contributed by atoms with E-state index in [1.165, 1.54) is 11.4 Å². The second-order valence-corrected chi connectivity index (χ2v) is 6.48. The summed E-state index contributed by atoms with van der Waals surface area (Å²) >= 11 is 4.96. The van der Waals surface area contributed by atoms with Gasteiger partial charge in [-0.1, -0.05) is 18.3 Å². The van der Waals surface area contributed by atoms with Gasteiger partial charge in [-0.25, -0.2) is 0 Å². The van der Waals surface area contributed by atoms with Crippen LogP contribution in [0, 0.1) is 0 Å². The number of anilines is 1. The fraction of sp³-hybridized carbons (Fsp3) is 0.417. The smallest absolute Gasteiger partial charge is 0.301 e. The van der Waals surface area contributed by atoms with Gasteiger partial charge in [0.2, 0.25) is 0 Å². The van der Waals surface area contributed by atoms with Gasteiger partial charge in [0, 0.05) is 18.7 Å². The molecule has 0 unspecified atom stereocenters. The number of hydrogen-bond donors (Lipinski definition) is 2. The van der Waals surface area contributed by atoms with E-state index in [0.29, 0.717) is 37.6 Å². The molecule has 0 bridgehead atoms. The van der Waals surface area contributed by atoms with Crippen molar-refractivity contribution in [3.05, 3.63) is 23.8 Å². The number of morpholine rings is 1. The molecule has 1 aromatic carbocycles. The Hall–Kier alpha value is -1.42. The van der Waals surface area contributed by atoms with E-state index in [1.54, 1.807) is 18.2 Å². The topological polar surface area (TPSA) is 93.9 Å². The molecule has 1 heterocycles. The Balaban J connectivity index is 2.35. The molecule has 0 aliphatic carbocycles. The quantitative estimate of drug-likeness (QED) is 0.755. The predicted octanol–water partition coefficient (Wildman–Crippen LogP) is 0.318. The summed E-state index contributed by atoms with van der Waals surface area (Å²) in [4.78, 5) is 0.0913. The highest BCUT2D eigenvalue weighted by Gasteiger charge is 2.26. The van der Waals surface area contributed by atoms with E-state index < -0.39 is 10.2 Å². The number of thiocarbonyl (C=S) groups is 1. The van der Waals surface area contributed by atoms with Crippen LogP contribution in [0.15, 0.2) is 18.2 Å². The van der Waals surface area contributed by atoms with E-state index in [1.807, 2.05) is 0 Å². The largest absolute Gasteiger partial charge is 0.495 e. The first-order valence-electron chi connectivity index (χ1n) is 6.28. The average molecular weight is 331 g/mol. The number of nitrogens with one attached hydrogen (secondary N) is 1. The van der Waals surface area contributed by atoms with Crippen LogP contribution in [0.1, 0.15) is 5.56 Å². The molecule has 0 spiro atoms. The van der Waals surface area contributed by atoms with Crippen molar-refractivity contribution in [2.45, 2.75) is 0 Å². The minimum absolute atomic E-state index is 0.0913. The summed E-state index contributed by atoms with van der Waals surface area (Å²) in [6.45, 7) is 1.34. The summed E-state index contributed by atoms with van der Waals surface area (Å²) in [6.07, 6.45) is 0. The molecular weight excluding hydrogens is 314 g/mol. The zero-order valence-electron chi connectivity index (χ0n) is 11.5. The van der Waals surface area contributed by atoms with Crippen molar-refractivity contribution in [1.29, 1.82) is 0 Å². The van der Waals surface area contributed by atoms with E-state index in [0.717, 1.165) is 0 Å². The Morgan fingerprint density at radius 2 is 2.10 bits per heavy atom. The maximum absolute atomic E-state index is 12.4. The molecule has 0 radical (unpaired) electrons. The van der Waals surface area contributed by atoms with Crippen molar-refractivity contribution in [2.75, 3.05) is 38.1 Å². The lowest BCUT2D eigenvalue weighted by atomic mass is 10.1. The molecule has 1 saturated heterocycles. The van der Waals surface area contributed by atoms with Crippen molar-refractivity contribution in [1.82, 2.24) is 4.31 Å². The number of para-hydroxylation sites is 1. The summed E-state index contributed by atoms with van der Waals surface area (Å²) < 4.78 is 39.0. The normalized spacial score (nSPS) is 16.4. The number of hydrogen-bond acceptors (Lipinski definition) is 5. The Morgan fingerprint density at radius 1 is 1.43 bits per heavy atom. The van der Waals surface area contributed by atoms with Gasteiger partial charge in [0.05, 0.1) is 20.3 Å². The Labute approximate surface area is 129 Å². The maximum atomic E-state index is 12.4. The number of nitrogens with two attached hydrogens (primary N) is 1. The van der Waals surface area contributed by atoms with Gasteiger partial charge in [0.15, 0.2) is 0 Å². The van der Waals surface area contributed by atoms with Crippen LogP contribution in [0.2, 0.25) is 0 Å². The van der Waals surface area contributed by atoms with E-state index in [-0.39, 0.29) is 10.7 Å². The molecule has 3 N–H and O–H groups in total. The maximum Gasteiger partial charge on any atom is 0.301 e. The Morgan fingerprint density at radius 3 is 2.67 bits per heavy atom. The zero-order valence-corrected chi connectivity index (χ0v) is 13.2. The first-order valence-corrected chi connectivity index (χ1v) is 8.13. The summed E-state index contributed by atoms with van der Waals surface area (Å²) in [6, 6.07) is 4.97. The van der Waals surface area contributed by atoms with Crippen LogP contribution >= 0.6 is 12.2 Å². The number of nitrogens with zero attached hydrogens (tertiary/aromatic N) is 1. The summed E-state index contributed by atoms with van der Waals surface area (Å²) in [7, 11) is -2.27. The van der Waals surface area contributed by atoms with E-state index in [4.69, 9.17) is 27.4 Å². The zero-order chi connectivity index (χ0) is 15.5. The number of methoxy groups -OCH3 is 1. The predicted molar refractivity (Wildman–Crippen MR) is 83.8 cm³/mol. The van der Waals surface area contributed by atoms with Gasteiger partial charge in [-0.15, -0.1) is 0 Å². The molecule has 1 aliphatic rings. The molecule has 2 rings (SSSR count). The lowest BCUT2D eigenvalue weighted by Gasteiger charge is -2.27. The molecule has 1 fully saturated rings. The lowest BCUT2D eigenvalue weighted by molar-refractivity contribution is 0.0733. The first kappa shape index (κ1) is 16.0. The van der Waals surface area contributed by atoms with Gasteiger partial charge in [-0.05, 0) is 12.1 Å². The number of rotatable bonds is 5. The highest BCUT2D eigenvalue weighted by atomic mass is 32.2. The van der Waals surface area contributed by atoms with Crippen LogP contribution < -0.4 is 15.2 Å². The number of benzene rings is 1. The van der Waals surface area contributed by atoms with Gasteiger partial charge in [-0.2, -0.15) is 12.7 Å². The molecule has 0 amide bonds. The first-order chi connectivity index (χ1) is 9.95. The van der Waals surface area contributed by atoms with Crippen LogP contribution in [0.5, 0.6) is 5.75 Å². The Kier molecular flexibility index (Phi) is 4.99. The SMILES string of the molecule is COc1cccc(C(N)=S)c1NS(=O)(=O)N1CCOCC1. The minimum Gasteiger partial charge on any atom is -0.495 e. The van der Waals surface area contributed by atoms with Crippen LogP contribution in [0.3, 0.4) is 0 Å². The molecule has 7 nitrogen and oxygen atoms in total. The van der Waals surface area contributed by atoms with Crippen molar-refractivity contribution >= 4 is 33.1 Å². The van der Waals surface area contributed by atoms with Gasteiger partial charge in [0.1, 0.15) is 16.4 Å². The van der Waals surface area contributed by atoms with Crippen molar-refractivity contribution in [2.24, 2.45) is 5.73 Å². The second-order valence-electron chi connectivity index (χ2n) is 4.37. The highest BCUT2D eigenvalue weighted by Crippen LogP contribution is 2.30. The fourth-order valence-electron chi connectivity index (χ4n) is 1.99. The van der Waals surface area contributed by atoms with Crippen LogP contribution in [-0.2, 0) is 14.9 Å². The van der Waals surface area contributed by atoms with Gasteiger partial charge < -0.3 is 15.2 Å². The van der Waals surface area contributed by atoms with Gasteiger partial charge in [-0.3, -0.25) is 4.72 Å². The molecule has 1 aliphatic heterocycles. The highest BCUT2D eigenvalue weighted by molar-refractivity contribution is 7.90. The molecule has 0 saturated carbocycles. The molecule has 0 atom stereocenters. The van der Waals surface area contributed by atoms with Crippen LogP contribution in [0.4, 0.5) is 5.69 Å². The van der Waals surface area contributed by atoms with Gasteiger partial charge in [0.25, 0.3) is 0 Å². The molecule has 1 aromatic rings. The summed E-state index contributed by atoms with van der Waals surface area (Å²) in [5.74, 6) is 0.358. The van der Waals surface area contributed by atoms with Gasteiger partial charge >= 0.3 is 10.2 Å². The average Bonchev–Trinajstić information content (AvgIpc) is 2.47. The van der Waals surface area contributed by atoms with Crippen LogP contribution in [-0.4, -0.2) is 51.1 Å². The molecule has 0 aromatic heterocycles. The fourth-order valence-corrected chi connectivity index (χ4v) is 3.39. The monoisotopic (exact) mass is 331 g/mol. The third-order valence-electron chi connectivity index (χ3n) is 3.05. The van der Waals surface area contributed by atoms with E-state index in [2.05, 4.69) is 4.72 Å². The minimum atomic E-state index is -3.72. The second kappa shape index (κ2) is 6.56. The standard InChI is InChI=1S/C12H17N3O4S2/c1-18-10-4-2-3-9(12(13)20)11(10)14-21(16,17)15-5-7-19-8-6-15/h2-4,14H,5-8H2,1H3,(H2,13,20). The lowest BCUT2D eigenvalue weighted by Crippen LogP contribution is -2.43. The summed E-state index contributed by atoms with van der Waals surface area (Å²) in [5.41, 5.74) is 6.31. The third-order valence-corrected chi connectivity index (χ3v) is 4.78. The molecule has 21 heavy (non-hydrogen) atoms.